The minimum atomic E-state index is -2.66. The van der Waals surface area contributed by atoms with Gasteiger partial charge in [0.05, 0.1) is 6.54 Å². The summed E-state index contributed by atoms with van der Waals surface area (Å²) in [6, 6.07) is 0. The van der Waals surface area contributed by atoms with E-state index in [2.05, 4.69) is 5.32 Å². The first kappa shape index (κ1) is 13.2. The number of rotatable bonds is 3. The van der Waals surface area contributed by atoms with Gasteiger partial charge >= 0.3 is 6.09 Å². The number of halogens is 2. The van der Waals surface area contributed by atoms with Crippen LogP contribution < -0.4 is 5.32 Å². The highest BCUT2D eigenvalue weighted by molar-refractivity contribution is 5.66. The first-order valence-corrected chi connectivity index (χ1v) is 5.39. The number of amides is 1. The lowest BCUT2D eigenvalue weighted by Crippen LogP contribution is -2.43. The van der Waals surface area contributed by atoms with Crippen molar-refractivity contribution in [2.45, 2.75) is 31.8 Å². The highest BCUT2D eigenvalue weighted by atomic mass is 19.3. The maximum Gasteiger partial charge on any atom is 0.407 e. The van der Waals surface area contributed by atoms with Crippen LogP contribution in [0.25, 0.3) is 0 Å². The fourth-order valence-electron chi connectivity index (χ4n) is 1.79. The van der Waals surface area contributed by atoms with Crippen LogP contribution in [-0.2, 0) is 4.74 Å². The summed E-state index contributed by atoms with van der Waals surface area (Å²) in [4.78, 5) is 12.6. The van der Waals surface area contributed by atoms with Gasteiger partial charge in [0.15, 0.2) is 0 Å². The number of likely N-dealkylation sites (tertiary alicyclic amines) is 1. The van der Waals surface area contributed by atoms with Crippen LogP contribution in [0.4, 0.5) is 13.6 Å². The molecule has 4 nitrogen and oxygen atoms in total. The summed E-state index contributed by atoms with van der Waals surface area (Å²) in [6.07, 6.45) is 0.619. The molecule has 0 saturated carbocycles. The molecule has 1 heterocycles. The van der Waals surface area contributed by atoms with Gasteiger partial charge < -0.3 is 10.1 Å². The average molecular weight is 236 g/mol. The summed E-state index contributed by atoms with van der Waals surface area (Å²) in [5.41, 5.74) is 0. The summed E-state index contributed by atoms with van der Waals surface area (Å²) in [7, 11) is 1.50. The molecule has 6 heteroatoms. The Morgan fingerprint density at radius 2 is 2.06 bits per heavy atom. The standard InChI is InChI=1S/C10H18F2N2O2/c1-10(11,12)7-14-5-3-8(4-6-14)16-9(15)13-2/h8H,3-7H2,1-2H3,(H,13,15). The van der Waals surface area contributed by atoms with Gasteiger partial charge in [-0.3, -0.25) is 4.90 Å². The maximum atomic E-state index is 12.7. The molecule has 0 radical (unpaired) electrons. The van der Waals surface area contributed by atoms with Crippen LogP contribution in [-0.4, -0.2) is 49.7 Å². The fraction of sp³-hybridized carbons (Fsp3) is 0.900. The molecule has 0 aromatic heterocycles. The van der Waals surface area contributed by atoms with Crippen molar-refractivity contribution in [3.8, 4) is 0 Å². The van der Waals surface area contributed by atoms with Crippen molar-refractivity contribution in [3.05, 3.63) is 0 Å². The Morgan fingerprint density at radius 3 is 2.50 bits per heavy atom. The monoisotopic (exact) mass is 236 g/mol. The SMILES string of the molecule is CNC(=O)OC1CCN(CC(C)(F)F)CC1. The number of alkyl halides is 2. The normalized spacial score (nSPS) is 19.5. The molecule has 0 atom stereocenters. The number of piperidine rings is 1. The second-order valence-corrected chi connectivity index (χ2v) is 4.20. The van der Waals surface area contributed by atoms with Crippen molar-refractivity contribution in [2.24, 2.45) is 0 Å². The van der Waals surface area contributed by atoms with Crippen molar-refractivity contribution in [3.63, 3.8) is 0 Å². The molecule has 1 fully saturated rings. The molecule has 94 valence electrons. The van der Waals surface area contributed by atoms with Gasteiger partial charge in [0, 0.05) is 27.1 Å². The third-order valence-corrected chi connectivity index (χ3v) is 2.51. The minimum absolute atomic E-state index is 0.151. The van der Waals surface area contributed by atoms with Crippen molar-refractivity contribution < 1.29 is 18.3 Å². The third kappa shape index (κ3) is 4.74. The van der Waals surface area contributed by atoms with E-state index in [9.17, 15) is 13.6 Å². The minimum Gasteiger partial charge on any atom is -0.446 e. The van der Waals surface area contributed by atoms with E-state index in [1.165, 1.54) is 7.05 Å². The van der Waals surface area contributed by atoms with Gasteiger partial charge in [-0.25, -0.2) is 13.6 Å². The van der Waals surface area contributed by atoms with E-state index >= 15 is 0 Å². The van der Waals surface area contributed by atoms with E-state index in [0.29, 0.717) is 25.9 Å². The van der Waals surface area contributed by atoms with Gasteiger partial charge in [-0.2, -0.15) is 0 Å². The number of nitrogens with zero attached hydrogens (tertiary/aromatic N) is 1. The molecule has 1 amide bonds. The Kier molecular flexibility index (Phi) is 4.46. The molecular formula is C10H18F2N2O2. The van der Waals surface area contributed by atoms with E-state index in [1.54, 1.807) is 4.90 Å². The molecule has 16 heavy (non-hydrogen) atoms. The fourth-order valence-corrected chi connectivity index (χ4v) is 1.79. The van der Waals surface area contributed by atoms with Gasteiger partial charge in [0.1, 0.15) is 6.10 Å². The van der Waals surface area contributed by atoms with E-state index in [-0.39, 0.29) is 12.6 Å². The number of ether oxygens (including phenoxy) is 1. The predicted octanol–water partition coefficient (Wildman–Crippen LogP) is 1.46. The molecule has 1 N–H and O–H groups in total. The summed E-state index contributed by atoms with van der Waals surface area (Å²) < 4.78 is 30.5. The van der Waals surface area contributed by atoms with E-state index < -0.39 is 12.0 Å². The molecule has 1 saturated heterocycles. The molecule has 0 bridgehead atoms. The molecule has 1 aliphatic rings. The topological polar surface area (TPSA) is 41.6 Å². The zero-order valence-electron chi connectivity index (χ0n) is 9.63. The second-order valence-electron chi connectivity index (χ2n) is 4.20. The Hall–Kier alpha value is -0.910. The Bertz CT molecular complexity index is 235. The van der Waals surface area contributed by atoms with Crippen LogP contribution in [0, 0.1) is 0 Å². The van der Waals surface area contributed by atoms with Gasteiger partial charge in [0.25, 0.3) is 5.92 Å². The number of hydrogen-bond donors (Lipinski definition) is 1. The van der Waals surface area contributed by atoms with Crippen LogP contribution in [0.1, 0.15) is 19.8 Å². The summed E-state index contributed by atoms with van der Waals surface area (Å²) in [6.45, 7) is 1.79. The first-order chi connectivity index (χ1) is 7.40. The molecule has 0 aromatic rings. The number of hydrogen-bond acceptors (Lipinski definition) is 3. The van der Waals surface area contributed by atoms with E-state index in [1.807, 2.05) is 0 Å². The predicted molar refractivity (Wildman–Crippen MR) is 55.6 cm³/mol. The van der Waals surface area contributed by atoms with Crippen LogP contribution in [0.3, 0.4) is 0 Å². The number of carbonyl (C=O) groups is 1. The number of alkyl carbamates (subject to hydrolysis) is 1. The molecule has 1 rings (SSSR count). The van der Waals surface area contributed by atoms with Gasteiger partial charge in [0.2, 0.25) is 0 Å². The van der Waals surface area contributed by atoms with Crippen molar-refractivity contribution >= 4 is 6.09 Å². The van der Waals surface area contributed by atoms with Crippen LogP contribution in [0.15, 0.2) is 0 Å². The first-order valence-electron chi connectivity index (χ1n) is 5.39. The Morgan fingerprint density at radius 1 is 1.50 bits per heavy atom. The van der Waals surface area contributed by atoms with E-state index in [4.69, 9.17) is 4.74 Å². The lowest BCUT2D eigenvalue weighted by atomic mass is 10.1. The van der Waals surface area contributed by atoms with Crippen LogP contribution >= 0.6 is 0 Å². The van der Waals surface area contributed by atoms with Crippen molar-refractivity contribution in [2.75, 3.05) is 26.7 Å². The molecule has 0 aromatic carbocycles. The summed E-state index contributed by atoms with van der Waals surface area (Å²) in [5, 5.41) is 2.37. The molecule has 0 spiro atoms. The second kappa shape index (κ2) is 5.43. The maximum absolute atomic E-state index is 12.7. The van der Waals surface area contributed by atoms with Gasteiger partial charge in [-0.15, -0.1) is 0 Å². The smallest absolute Gasteiger partial charge is 0.407 e. The quantitative estimate of drug-likeness (QED) is 0.806. The van der Waals surface area contributed by atoms with Gasteiger partial charge in [-0.1, -0.05) is 0 Å². The van der Waals surface area contributed by atoms with Crippen LogP contribution in [0.2, 0.25) is 0 Å². The van der Waals surface area contributed by atoms with Crippen molar-refractivity contribution in [1.82, 2.24) is 10.2 Å². The molecule has 0 aliphatic carbocycles. The van der Waals surface area contributed by atoms with Gasteiger partial charge in [-0.05, 0) is 12.8 Å². The Labute approximate surface area is 93.9 Å². The largest absolute Gasteiger partial charge is 0.446 e. The van der Waals surface area contributed by atoms with Crippen LogP contribution in [0.5, 0.6) is 0 Å². The van der Waals surface area contributed by atoms with Crippen molar-refractivity contribution in [1.29, 1.82) is 0 Å². The highest BCUT2D eigenvalue weighted by Crippen LogP contribution is 2.19. The summed E-state index contributed by atoms with van der Waals surface area (Å²) >= 11 is 0. The molecule has 1 aliphatic heterocycles. The molecule has 0 unspecified atom stereocenters. The zero-order valence-corrected chi connectivity index (χ0v) is 9.63. The number of nitrogens with one attached hydrogen (secondary N) is 1. The highest BCUT2D eigenvalue weighted by Gasteiger charge is 2.29. The average Bonchev–Trinajstić information content (AvgIpc) is 2.18. The lowest BCUT2D eigenvalue weighted by Gasteiger charge is -2.32. The Balaban J connectivity index is 2.26. The lowest BCUT2D eigenvalue weighted by molar-refractivity contribution is -0.0316. The van der Waals surface area contributed by atoms with E-state index in [0.717, 1.165) is 6.92 Å². The summed E-state index contributed by atoms with van der Waals surface area (Å²) in [5.74, 6) is -2.66. The number of carbonyl (C=O) groups excluding carboxylic acids is 1. The molecular weight excluding hydrogens is 218 g/mol. The zero-order chi connectivity index (χ0) is 12.2. The third-order valence-electron chi connectivity index (χ3n) is 2.51.